The second-order valence-electron chi connectivity index (χ2n) is 6.98. The van der Waals surface area contributed by atoms with Crippen LogP contribution in [0.15, 0.2) is 41.7 Å². The fourth-order valence-electron chi connectivity index (χ4n) is 3.08. The van der Waals surface area contributed by atoms with Crippen molar-refractivity contribution in [1.29, 1.82) is 0 Å². The van der Waals surface area contributed by atoms with Gasteiger partial charge in [0.2, 0.25) is 5.88 Å². The smallest absolute Gasteiger partial charge is 0.213 e. The molecule has 0 aromatic carbocycles. The lowest BCUT2D eigenvalue weighted by Gasteiger charge is -2.20. The van der Waals surface area contributed by atoms with E-state index in [9.17, 15) is 0 Å². The predicted octanol–water partition coefficient (Wildman–Crippen LogP) is 3.48. The summed E-state index contributed by atoms with van der Waals surface area (Å²) in [5, 5.41) is 7.49. The molecule has 0 amide bonds. The Morgan fingerprint density at radius 2 is 2.17 bits per heavy atom. The van der Waals surface area contributed by atoms with Gasteiger partial charge in [0, 0.05) is 51.2 Å². The van der Waals surface area contributed by atoms with Crippen molar-refractivity contribution in [2.45, 2.75) is 39.0 Å². The van der Waals surface area contributed by atoms with E-state index in [1.807, 2.05) is 44.3 Å². The fraction of sp³-hybridized carbons (Fsp3) is 0.450. The van der Waals surface area contributed by atoms with Gasteiger partial charge in [-0.05, 0) is 38.0 Å². The summed E-state index contributed by atoms with van der Waals surface area (Å²) in [6.07, 6.45) is 4.70. The third-order valence-corrected chi connectivity index (χ3v) is 4.70. The number of halogens is 2. The second-order valence-corrected chi connectivity index (χ2v) is 7.39. The van der Waals surface area contributed by atoms with Crippen LogP contribution in [-0.4, -0.2) is 48.2 Å². The van der Waals surface area contributed by atoms with Crippen LogP contribution in [0.25, 0.3) is 0 Å². The maximum absolute atomic E-state index is 6.27. The van der Waals surface area contributed by atoms with Crippen molar-refractivity contribution < 1.29 is 4.74 Å². The molecule has 1 atom stereocenters. The molecule has 1 fully saturated rings. The molecule has 0 bridgehead atoms. The molecule has 29 heavy (non-hydrogen) atoms. The Bertz CT molecular complexity index is 802. The molecule has 9 heteroatoms. The summed E-state index contributed by atoms with van der Waals surface area (Å²) in [7, 11) is 1.77. The van der Waals surface area contributed by atoms with Crippen molar-refractivity contribution in [1.82, 2.24) is 20.6 Å². The normalized spacial score (nSPS) is 16.5. The van der Waals surface area contributed by atoms with Crippen LogP contribution in [0.2, 0.25) is 5.02 Å². The van der Waals surface area contributed by atoms with Crippen LogP contribution in [0.3, 0.4) is 0 Å². The van der Waals surface area contributed by atoms with E-state index in [1.54, 1.807) is 13.2 Å². The number of anilines is 1. The summed E-state index contributed by atoms with van der Waals surface area (Å²) in [5.41, 5.74) is 1.06. The van der Waals surface area contributed by atoms with E-state index in [1.165, 1.54) is 0 Å². The Morgan fingerprint density at radius 1 is 1.34 bits per heavy atom. The van der Waals surface area contributed by atoms with Gasteiger partial charge >= 0.3 is 0 Å². The molecule has 0 spiro atoms. The Labute approximate surface area is 194 Å². The molecule has 1 aliphatic heterocycles. The second kappa shape index (κ2) is 11.4. The summed E-state index contributed by atoms with van der Waals surface area (Å²) < 4.78 is 5.57. The number of ether oxygens (including phenoxy) is 1. The molecule has 0 aliphatic carbocycles. The van der Waals surface area contributed by atoms with Gasteiger partial charge in [-0.3, -0.25) is 4.99 Å². The van der Waals surface area contributed by atoms with Gasteiger partial charge in [0.25, 0.3) is 0 Å². The maximum atomic E-state index is 6.27. The number of rotatable bonds is 6. The first-order chi connectivity index (χ1) is 13.5. The van der Waals surface area contributed by atoms with Gasteiger partial charge < -0.3 is 20.3 Å². The number of nitrogens with zero attached hydrogens (tertiary/aromatic N) is 4. The number of aromatic nitrogens is 2. The SMILES string of the molecule is CN=C(NCc1ccc(OC(C)C)nc1)NC1CCN(c2ncccc2Cl)C1.I. The number of pyridine rings is 2. The average Bonchev–Trinajstić information content (AvgIpc) is 3.14. The van der Waals surface area contributed by atoms with E-state index in [0.717, 1.165) is 36.9 Å². The molecule has 1 unspecified atom stereocenters. The molecule has 7 nitrogen and oxygen atoms in total. The third-order valence-electron chi connectivity index (χ3n) is 4.41. The fourth-order valence-corrected chi connectivity index (χ4v) is 3.32. The molecule has 1 aliphatic rings. The highest BCUT2D eigenvalue weighted by atomic mass is 127. The van der Waals surface area contributed by atoms with Crippen molar-refractivity contribution in [3.05, 3.63) is 47.2 Å². The monoisotopic (exact) mass is 530 g/mol. The Balaban J connectivity index is 0.00000300. The quantitative estimate of drug-likeness (QED) is 0.338. The van der Waals surface area contributed by atoms with Gasteiger partial charge in [0.15, 0.2) is 5.96 Å². The molecule has 0 saturated carbocycles. The van der Waals surface area contributed by atoms with Crippen LogP contribution in [0.4, 0.5) is 5.82 Å². The number of hydrogen-bond acceptors (Lipinski definition) is 5. The minimum Gasteiger partial charge on any atom is -0.475 e. The molecule has 3 heterocycles. The average molecular weight is 531 g/mol. The van der Waals surface area contributed by atoms with Gasteiger partial charge in [-0.25, -0.2) is 9.97 Å². The largest absolute Gasteiger partial charge is 0.475 e. The number of nitrogens with one attached hydrogen (secondary N) is 2. The van der Waals surface area contributed by atoms with Crippen LogP contribution < -0.4 is 20.3 Å². The molecule has 2 aromatic rings. The summed E-state index contributed by atoms with van der Waals surface area (Å²) in [6, 6.07) is 7.89. The number of guanidine groups is 1. The van der Waals surface area contributed by atoms with Crippen LogP contribution >= 0.6 is 35.6 Å². The van der Waals surface area contributed by atoms with E-state index < -0.39 is 0 Å². The first kappa shape index (κ1) is 23.5. The summed E-state index contributed by atoms with van der Waals surface area (Å²) in [5.74, 6) is 2.24. The first-order valence-electron chi connectivity index (χ1n) is 9.49. The van der Waals surface area contributed by atoms with Crippen LogP contribution in [0, 0.1) is 0 Å². The summed E-state index contributed by atoms with van der Waals surface area (Å²) in [4.78, 5) is 15.3. The number of aliphatic imine (C=N–C) groups is 1. The molecule has 2 N–H and O–H groups in total. The van der Waals surface area contributed by atoms with Crippen molar-refractivity contribution in [3.8, 4) is 5.88 Å². The zero-order valence-corrected chi connectivity index (χ0v) is 20.0. The van der Waals surface area contributed by atoms with Crippen LogP contribution in [0.5, 0.6) is 5.88 Å². The molecular formula is C20H28ClIN6O. The molecular weight excluding hydrogens is 503 g/mol. The van der Waals surface area contributed by atoms with Gasteiger partial charge in [-0.1, -0.05) is 17.7 Å². The van der Waals surface area contributed by atoms with E-state index in [4.69, 9.17) is 16.3 Å². The highest BCUT2D eigenvalue weighted by Crippen LogP contribution is 2.25. The van der Waals surface area contributed by atoms with E-state index in [0.29, 0.717) is 17.4 Å². The van der Waals surface area contributed by atoms with E-state index >= 15 is 0 Å². The topological polar surface area (TPSA) is 74.7 Å². The zero-order chi connectivity index (χ0) is 19.9. The van der Waals surface area contributed by atoms with Crippen molar-refractivity contribution >= 4 is 47.4 Å². The minimum absolute atomic E-state index is 0. The van der Waals surface area contributed by atoms with Gasteiger partial charge in [0.1, 0.15) is 5.82 Å². The van der Waals surface area contributed by atoms with Gasteiger partial charge in [-0.2, -0.15) is 0 Å². The highest BCUT2D eigenvalue weighted by molar-refractivity contribution is 14.0. The maximum Gasteiger partial charge on any atom is 0.213 e. The molecule has 0 radical (unpaired) electrons. The third kappa shape index (κ3) is 6.88. The molecule has 3 rings (SSSR count). The van der Waals surface area contributed by atoms with Crippen LogP contribution in [-0.2, 0) is 6.54 Å². The standard InChI is InChI=1S/C20H27ClN6O.HI/c1-14(2)28-18-7-6-15(11-24-18)12-25-20(22-3)26-16-8-10-27(13-16)19-17(21)5-4-9-23-19;/h4-7,9,11,14,16H,8,10,12-13H2,1-3H3,(H2,22,25,26);1H. The highest BCUT2D eigenvalue weighted by Gasteiger charge is 2.25. The van der Waals surface area contributed by atoms with Gasteiger partial charge in [0.05, 0.1) is 11.1 Å². The predicted molar refractivity (Wildman–Crippen MR) is 129 cm³/mol. The lowest BCUT2D eigenvalue weighted by Crippen LogP contribution is -2.44. The van der Waals surface area contributed by atoms with Crippen molar-refractivity contribution in [3.63, 3.8) is 0 Å². The Kier molecular flexibility index (Phi) is 9.22. The molecule has 1 saturated heterocycles. The van der Waals surface area contributed by atoms with E-state index in [2.05, 4.69) is 30.5 Å². The summed E-state index contributed by atoms with van der Waals surface area (Å²) >= 11 is 6.27. The summed E-state index contributed by atoms with van der Waals surface area (Å²) in [6.45, 7) is 6.35. The number of hydrogen-bond donors (Lipinski definition) is 2. The minimum atomic E-state index is 0. The lowest BCUT2D eigenvalue weighted by atomic mass is 10.2. The van der Waals surface area contributed by atoms with Crippen LogP contribution in [0.1, 0.15) is 25.8 Å². The molecule has 2 aromatic heterocycles. The Morgan fingerprint density at radius 3 is 2.83 bits per heavy atom. The lowest BCUT2D eigenvalue weighted by molar-refractivity contribution is 0.232. The van der Waals surface area contributed by atoms with Crippen molar-refractivity contribution in [2.24, 2.45) is 4.99 Å². The first-order valence-corrected chi connectivity index (χ1v) is 9.87. The van der Waals surface area contributed by atoms with Gasteiger partial charge in [-0.15, -0.1) is 24.0 Å². The van der Waals surface area contributed by atoms with Crippen molar-refractivity contribution in [2.75, 3.05) is 25.0 Å². The van der Waals surface area contributed by atoms with E-state index in [-0.39, 0.29) is 36.1 Å². The molecule has 158 valence electrons. The zero-order valence-electron chi connectivity index (χ0n) is 16.9. The Hall–Kier alpha value is -1.81.